The van der Waals surface area contributed by atoms with E-state index in [1.165, 1.54) is 12.1 Å². The van der Waals surface area contributed by atoms with Gasteiger partial charge in [0.05, 0.1) is 27.5 Å². The van der Waals surface area contributed by atoms with E-state index >= 15 is 0 Å². The van der Waals surface area contributed by atoms with Crippen LogP contribution in [0.15, 0.2) is 42.5 Å². The normalized spacial score (nSPS) is 11.8. The van der Waals surface area contributed by atoms with Crippen molar-refractivity contribution >= 4 is 44.6 Å². The summed E-state index contributed by atoms with van der Waals surface area (Å²) in [6.07, 6.45) is -3.97. The molecule has 0 saturated carbocycles. The van der Waals surface area contributed by atoms with Crippen LogP contribution in [0.1, 0.15) is 5.56 Å². The highest BCUT2D eigenvalue weighted by Crippen LogP contribution is 2.36. The molecule has 0 saturated heterocycles. The summed E-state index contributed by atoms with van der Waals surface area (Å²) in [4.78, 5) is 22.4. The molecule has 13 heteroatoms. The smallest absolute Gasteiger partial charge is 0.324 e. The molecule has 2 aromatic carbocycles. The molecule has 0 spiro atoms. The van der Waals surface area contributed by atoms with Crippen LogP contribution in [0.4, 0.5) is 30.2 Å². The molecule has 156 valence electrons. The van der Waals surface area contributed by atoms with Crippen molar-refractivity contribution in [2.24, 2.45) is 0 Å². The SMILES string of the molecule is CS(=O)(=O)N(CC(=O)Nc1ccc(Cl)c(C(F)(F)F)c1)c1cccc([N+](=O)[O-])c1. The van der Waals surface area contributed by atoms with Gasteiger partial charge in [-0.15, -0.1) is 0 Å². The number of hydrogen-bond donors (Lipinski definition) is 1. The predicted octanol–water partition coefficient (Wildman–Crippen LogP) is 3.67. The average molecular weight is 452 g/mol. The molecule has 0 aliphatic rings. The Kier molecular flexibility index (Phi) is 6.38. The zero-order valence-corrected chi connectivity index (χ0v) is 16.2. The maximum atomic E-state index is 12.9. The van der Waals surface area contributed by atoms with Crippen LogP contribution in [-0.4, -0.2) is 32.0 Å². The second kappa shape index (κ2) is 8.25. The number of rotatable bonds is 6. The summed E-state index contributed by atoms with van der Waals surface area (Å²) >= 11 is 5.51. The fraction of sp³-hybridized carbons (Fsp3) is 0.188. The number of nitrogens with one attached hydrogen (secondary N) is 1. The van der Waals surface area contributed by atoms with Crippen molar-refractivity contribution in [1.82, 2.24) is 0 Å². The van der Waals surface area contributed by atoms with E-state index in [1.54, 1.807) is 0 Å². The van der Waals surface area contributed by atoms with Crippen LogP contribution < -0.4 is 9.62 Å². The Morgan fingerprint density at radius 2 is 1.90 bits per heavy atom. The van der Waals surface area contributed by atoms with Gasteiger partial charge in [0.1, 0.15) is 6.54 Å². The van der Waals surface area contributed by atoms with Crippen LogP contribution in [0.5, 0.6) is 0 Å². The minimum Gasteiger partial charge on any atom is -0.324 e. The van der Waals surface area contributed by atoms with Crippen LogP contribution in [0.2, 0.25) is 5.02 Å². The number of carbonyl (C=O) groups excluding carboxylic acids is 1. The zero-order chi connectivity index (χ0) is 22.0. The van der Waals surface area contributed by atoms with Gasteiger partial charge in [-0.25, -0.2) is 8.42 Å². The fourth-order valence-corrected chi connectivity index (χ4v) is 3.39. The monoisotopic (exact) mass is 451 g/mol. The molecule has 2 rings (SSSR count). The van der Waals surface area contributed by atoms with E-state index in [4.69, 9.17) is 11.6 Å². The summed E-state index contributed by atoms with van der Waals surface area (Å²) in [5.74, 6) is -0.961. The molecule has 0 aliphatic carbocycles. The number of anilines is 2. The molecule has 0 unspecified atom stereocenters. The van der Waals surface area contributed by atoms with E-state index in [0.717, 1.165) is 30.5 Å². The lowest BCUT2D eigenvalue weighted by Gasteiger charge is -2.22. The van der Waals surface area contributed by atoms with E-state index < -0.39 is 49.8 Å². The molecule has 1 N–H and O–H groups in total. The summed E-state index contributed by atoms with van der Waals surface area (Å²) in [7, 11) is -4.04. The number of amides is 1. The number of sulfonamides is 1. The van der Waals surface area contributed by atoms with Gasteiger partial charge in [0, 0.05) is 17.8 Å². The van der Waals surface area contributed by atoms with Crippen molar-refractivity contribution < 1.29 is 31.3 Å². The summed E-state index contributed by atoms with van der Waals surface area (Å²) < 4.78 is 63.4. The van der Waals surface area contributed by atoms with Gasteiger partial charge in [-0.2, -0.15) is 13.2 Å². The molecular weight excluding hydrogens is 439 g/mol. The first-order valence-corrected chi connectivity index (χ1v) is 9.90. The molecule has 2 aromatic rings. The molecule has 29 heavy (non-hydrogen) atoms. The average Bonchev–Trinajstić information content (AvgIpc) is 2.59. The molecule has 0 aromatic heterocycles. The molecule has 0 heterocycles. The number of alkyl halides is 3. The van der Waals surface area contributed by atoms with Gasteiger partial charge in [-0.1, -0.05) is 17.7 Å². The summed E-state index contributed by atoms with van der Waals surface area (Å²) in [6.45, 7) is -0.815. The fourth-order valence-electron chi connectivity index (χ4n) is 2.31. The van der Waals surface area contributed by atoms with Crippen molar-refractivity contribution in [1.29, 1.82) is 0 Å². The maximum absolute atomic E-state index is 12.9. The van der Waals surface area contributed by atoms with Gasteiger partial charge < -0.3 is 5.32 Å². The summed E-state index contributed by atoms with van der Waals surface area (Å²) in [5, 5.41) is 12.5. The summed E-state index contributed by atoms with van der Waals surface area (Å²) in [5.41, 5.74) is -1.97. The number of nitro benzene ring substituents is 1. The lowest BCUT2D eigenvalue weighted by atomic mass is 10.2. The quantitative estimate of drug-likeness (QED) is 0.532. The van der Waals surface area contributed by atoms with Crippen molar-refractivity contribution in [3.05, 3.63) is 63.2 Å². The molecule has 0 aliphatic heterocycles. The van der Waals surface area contributed by atoms with Crippen molar-refractivity contribution in [3.8, 4) is 0 Å². The Morgan fingerprint density at radius 3 is 2.45 bits per heavy atom. The molecular formula is C16H13ClF3N3O5S. The first-order chi connectivity index (χ1) is 13.3. The van der Waals surface area contributed by atoms with E-state index in [-0.39, 0.29) is 11.4 Å². The van der Waals surface area contributed by atoms with Gasteiger partial charge in [-0.05, 0) is 24.3 Å². The van der Waals surface area contributed by atoms with Crippen molar-refractivity contribution in [3.63, 3.8) is 0 Å². The second-order valence-electron chi connectivity index (χ2n) is 5.79. The third kappa shape index (κ3) is 5.81. The molecule has 8 nitrogen and oxygen atoms in total. The Morgan fingerprint density at radius 1 is 1.24 bits per heavy atom. The third-order valence-electron chi connectivity index (χ3n) is 3.57. The first kappa shape index (κ1) is 22.4. The topological polar surface area (TPSA) is 110 Å². The Balaban J connectivity index is 2.29. The van der Waals surface area contributed by atoms with E-state index in [0.29, 0.717) is 10.4 Å². The van der Waals surface area contributed by atoms with Crippen LogP contribution in [0.3, 0.4) is 0 Å². The molecule has 0 bridgehead atoms. The van der Waals surface area contributed by atoms with Crippen LogP contribution in [0, 0.1) is 10.1 Å². The van der Waals surface area contributed by atoms with E-state index in [9.17, 15) is 36.5 Å². The lowest BCUT2D eigenvalue weighted by molar-refractivity contribution is -0.384. The Labute approximate surface area is 168 Å². The first-order valence-electron chi connectivity index (χ1n) is 7.68. The van der Waals surface area contributed by atoms with Crippen molar-refractivity contribution in [2.45, 2.75) is 6.18 Å². The second-order valence-corrected chi connectivity index (χ2v) is 8.10. The number of nitrogens with zero attached hydrogens (tertiary/aromatic N) is 2. The van der Waals surface area contributed by atoms with Crippen LogP contribution in [0.25, 0.3) is 0 Å². The van der Waals surface area contributed by atoms with Gasteiger partial charge in [-0.3, -0.25) is 19.2 Å². The van der Waals surface area contributed by atoms with Gasteiger partial charge in [0.25, 0.3) is 5.69 Å². The number of halogens is 4. The van der Waals surface area contributed by atoms with E-state index in [2.05, 4.69) is 5.32 Å². The zero-order valence-electron chi connectivity index (χ0n) is 14.6. The van der Waals surface area contributed by atoms with Crippen LogP contribution in [-0.2, 0) is 21.0 Å². The minimum absolute atomic E-state index is 0.149. The largest absolute Gasteiger partial charge is 0.417 e. The van der Waals surface area contributed by atoms with E-state index in [1.807, 2.05) is 0 Å². The van der Waals surface area contributed by atoms with Gasteiger partial charge in [0.2, 0.25) is 15.9 Å². The van der Waals surface area contributed by atoms with Gasteiger partial charge >= 0.3 is 6.18 Å². The maximum Gasteiger partial charge on any atom is 0.417 e. The van der Waals surface area contributed by atoms with Crippen molar-refractivity contribution in [2.75, 3.05) is 22.4 Å². The summed E-state index contributed by atoms with van der Waals surface area (Å²) in [6, 6.07) is 7.24. The molecule has 0 atom stereocenters. The lowest BCUT2D eigenvalue weighted by Crippen LogP contribution is -2.37. The highest BCUT2D eigenvalue weighted by molar-refractivity contribution is 7.92. The number of non-ortho nitro benzene ring substituents is 1. The number of carbonyl (C=O) groups is 1. The minimum atomic E-state index is -4.75. The number of nitro groups is 1. The van der Waals surface area contributed by atoms with Gasteiger partial charge in [0.15, 0.2) is 0 Å². The highest BCUT2D eigenvalue weighted by atomic mass is 35.5. The molecule has 0 fully saturated rings. The number of hydrogen-bond acceptors (Lipinski definition) is 5. The third-order valence-corrected chi connectivity index (χ3v) is 5.04. The van der Waals surface area contributed by atoms with Crippen LogP contribution >= 0.6 is 11.6 Å². The molecule has 1 amide bonds. The number of benzene rings is 2. The predicted molar refractivity (Wildman–Crippen MR) is 100 cm³/mol. The Bertz CT molecular complexity index is 1060. The highest BCUT2D eigenvalue weighted by Gasteiger charge is 2.33. The standard InChI is InChI=1S/C16H13ClF3N3O5S/c1-29(27,28)22(11-3-2-4-12(8-11)23(25)26)9-15(24)21-10-5-6-14(17)13(7-10)16(18,19)20/h2-8H,9H2,1H3,(H,21,24). The Hall–Kier alpha value is -2.86. The molecule has 0 radical (unpaired) electrons.